The van der Waals surface area contributed by atoms with E-state index in [1.807, 2.05) is 18.4 Å². The Morgan fingerprint density at radius 2 is 1.63 bits per heavy atom. The van der Waals surface area contributed by atoms with E-state index < -0.39 is 0 Å². The van der Waals surface area contributed by atoms with E-state index in [4.69, 9.17) is 9.47 Å². The SMILES string of the molecule is CCCCCCCCCCCC(=O)O[C@@H]1CCCC[C@H]1c1ccccc1OCSC. The lowest BCUT2D eigenvalue weighted by Crippen LogP contribution is -2.29. The van der Waals surface area contributed by atoms with Gasteiger partial charge >= 0.3 is 5.97 Å². The topological polar surface area (TPSA) is 35.5 Å². The zero-order valence-corrected chi connectivity index (χ0v) is 20.0. The number of rotatable bonds is 15. The predicted molar refractivity (Wildman–Crippen MR) is 128 cm³/mol. The molecular formula is C26H42O3S. The fourth-order valence-electron chi connectivity index (χ4n) is 4.44. The third kappa shape index (κ3) is 9.32. The van der Waals surface area contributed by atoms with Crippen molar-refractivity contribution in [3.05, 3.63) is 29.8 Å². The quantitative estimate of drug-likeness (QED) is 0.160. The zero-order valence-electron chi connectivity index (χ0n) is 19.2. The van der Waals surface area contributed by atoms with Gasteiger partial charge in [-0.2, -0.15) is 0 Å². The average Bonchev–Trinajstić information content (AvgIpc) is 2.77. The molecule has 0 saturated heterocycles. The van der Waals surface area contributed by atoms with E-state index in [9.17, 15) is 4.79 Å². The number of hydrogen-bond acceptors (Lipinski definition) is 4. The third-order valence-corrected chi connectivity index (χ3v) is 6.47. The molecule has 3 nitrogen and oxygen atoms in total. The minimum atomic E-state index is -0.0163. The van der Waals surface area contributed by atoms with Crippen LogP contribution in [0.1, 0.15) is 108 Å². The number of para-hydroxylation sites is 1. The molecule has 170 valence electrons. The maximum atomic E-state index is 12.5. The number of thioether (sulfide) groups is 1. The first kappa shape index (κ1) is 25.1. The maximum absolute atomic E-state index is 12.5. The molecule has 1 fully saturated rings. The maximum Gasteiger partial charge on any atom is 0.306 e. The van der Waals surface area contributed by atoms with Gasteiger partial charge in [0.25, 0.3) is 0 Å². The fourth-order valence-corrected chi connectivity index (χ4v) is 4.69. The summed E-state index contributed by atoms with van der Waals surface area (Å²) in [5.41, 5.74) is 1.20. The smallest absolute Gasteiger partial charge is 0.306 e. The van der Waals surface area contributed by atoms with Crippen LogP contribution in [-0.4, -0.2) is 24.3 Å². The molecule has 0 N–H and O–H groups in total. The highest BCUT2D eigenvalue weighted by molar-refractivity contribution is 7.98. The molecule has 0 radical (unpaired) electrons. The normalized spacial score (nSPS) is 18.9. The molecule has 1 saturated carbocycles. The molecule has 0 unspecified atom stereocenters. The molecule has 0 bridgehead atoms. The van der Waals surface area contributed by atoms with Crippen LogP contribution in [0, 0.1) is 0 Å². The Morgan fingerprint density at radius 3 is 2.37 bits per heavy atom. The van der Waals surface area contributed by atoms with Gasteiger partial charge in [-0.1, -0.05) is 82.9 Å². The Bertz CT molecular complexity index is 589. The lowest BCUT2D eigenvalue weighted by Gasteiger charge is -2.32. The number of unbranched alkanes of at least 4 members (excludes halogenated alkanes) is 8. The van der Waals surface area contributed by atoms with Crippen molar-refractivity contribution in [3.63, 3.8) is 0 Å². The van der Waals surface area contributed by atoms with Crippen molar-refractivity contribution in [2.24, 2.45) is 0 Å². The van der Waals surface area contributed by atoms with Gasteiger partial charge in [-0.25, -0.2) is 0 Å². The van der Waals surface area contributed by atoms with Crippen molar-refractivity contribution in [2.75, 3.05) is 12.2 Å². The van der Waals surface area contributed by atoms with Crippen molar-refractivity contribution in [3.8, 4) is 5.75 Å². The summed E-state index contributed by atoms with van der Waals surface area (Å²) in [5, 5.41) is 0. The van der Waals surface area contributed by atoms with Crippen LogP contribution in [0.4, 0.5) is 0 Å². The van der Waals surface area contributed by atoms with Gasteiger partial charge in [-0.05, 0) is 38.0 Å². The largest absolute Gasteiger partial charge is 0.483 e. The first-order valence-electron chi connectivity index (χ1n) is 12.2. The third-order valence-electron chi connectivity index (χ3n) is 6.12. The first-order valence-corrected chi connectivity index (χ1v) is 13.6. The molecule has 1 aromatic rings. The van der Waals surface area contributed by atoms with Crippen molar-refractivity contribution in [1.29, 1.82) is 0 Å². The van der Waals surface area contributed by atoms with Gasteiger partial charge < -0.3 is 9.47 Å². The summed E-state index contributed by atoms with van der Waals surface area (Å²) in [6.07, 6.45) is 18.3. The highest BCUT2D eigenvalue weighted by atomic mass is 32.2. The number of carbonyl (C=O) groups excluding carboxylic acids is 1. The van der Waals surface area contributed by atoms with Gasteiger partial charge in [-0.3, -0.25) is 4.79 Å². The molecular weight excluding hydrogens is 392 g/mol. The summed E-state index contributed by atoms with van der Waals surface area (Å²) in [6.45, 7) is 2.26. The van der Waals surface area contributed by atoms with E-state index in [0.717, 1.165) is 37.9 Å². The van der Waals surface area contributed by atoms with Crippen molar-refractivity contribution >= 4 is 17.7 Å². The van der Waals surface area contributed by atoms with Crippen molar-refractivity contribution in [1.82, 2.24) is 0 Å². The molecule has 30 heavy (non-hydrogen) atoms. The van der Waals surface area contributed by atoms with E-state index in [1.54, 1.807) is 11.8 Å². The van der Waals surface area contributed by atoms with Gasteiger partial charge in [0.15, 0.2) is 0 Å². The number of ether oxygens (including phenoxy) is 2. The molecule has 0 aromatic heterocycles. The minimum absolute atomic E-state index is 0.0103. The molecule has 0 amide bonds. The molecule has 0 spiro atoms. The van der Waals surface area contributed by atoms with Crippen LogP contribution < -0.4 is 4.74 Å². The van der Waals surface area contributed by atoms with Crippen molar-refractivity contribution in [2.45, 2.75) is 109 Å². The van der Waals surface area contributed by atoms with E-state index in [-0.39, 0.29) is 18.0 Å². The van der Waals surface area contributed by atoms with Gasteiger partial charge in [0.2, 0.25) is 0 Å². The molecule has 2 atom stereocenters. The van der Waals surface area contributed by atoms with Gasteiger partial charge in [0.1, 0.15) is 17.8 Å². The lowest BCUT2D eigenvalue weighted by atomic mass is 9.81. The first-order chi connectivity index (χ1) is 14.8. The average molecular weight is 435 g/mol. The molecule has 1 aromatic carbocycles. The second-order valence-corrected chi connectivity index (χ2v) is 9.40. The van der Waals surface area contributed by atoms with E-state index >= 15 is 0 Å². The molecule has 0 aliphatic heterocycles. The van der Waals surface area contributed by atoms with Crippen LogP contribution in [0.25, 0.3) is 0 Å². The monoisotopic (exact) mass is 434 g/mol. The highest BCUT2D eigenvalue weighted by Gasteiger charge is 2.31. The Balaban J connectivity index is 1.74. The summed E-state index contributed by atoms with van der Waals surface area (Å²) >= 11 is 1.67. The second kappa shape index (κ2) is 15.6. The summed E-state index contributed by atoms with van der Waals surface area (Å²) in [6, 6.07) is 8.28. The van der Waals surface area contributed by atoms with E-state index in [1.165, 1.54) is 56.9 Å². The number of benzene rings is 1. The highest BCUT2D eigenvalue weighted by Crippen LogP contribution is 2.39. The number of carbonyl (C=O) groups is 1. The fraction of sp³-hybridized carbons (Fsp3) is 0.731. The molecule has 1 aliphatic rings. The Labute approximate surface area is 188 Å². The Kier molecular flexibility index (Phi) is 13.1. The Hall–Kier alpha value is -1.16. The van der Waals surface area contributed by atoms with Gasteiger partial charge in [-0.15, -0.1) is 11.8 Å². The zero-order chi connectivity index (χ0) is 21.4. The summed E-state index contributed by atoms with van der Waals surface area (Å²) in [4.78, 5) is 12.5. The van der Waals surface area contributed by atoms with Crippen LogP contribution in [-0.2, 0) is 9.53 Å². The van der Waals surface area contributed by atoms with Gasteiger partial charge in [0, 0.05) is 17.9 Å². The van der Waals surface area contributed by atoms with E-state index in [0.29, 0.717) is 12.4 Å². The Morgan fingerprint density at radius 1 is 0.967 bits per heavy atom. The number of esters is 1. The second-order valence-electron chi connectivity index (χ2n) is 8.59. The summed E-state index contributed by atoms with van der Waals surface area (Å²) in [5.74, 6) is 1.83. The summed E-state index contributed by atoms with van der Waals surface area (Å²) < 4.78 is 11.9. The van der Waals surface area contributed by atoms with Crippen LogP contribution in [0.2, 0.25) is 0 Å². The van der Waals surface area contributed by atoms with Crippen molar-refractivity contribution < 1.29 is 14.3 Å². The lowest BCUT2D eigenvalue weighted by molar-refractivity contribution is -0.151. The number of hydrogen-bond donors (Lipinski definition) is 0. The minimum Gasteiger partial charge on any atom is -0.483 e. The van der Waals surface area contributed by atoms with Crippen LogP contribution >= 0.6 is 11.8 Å². The molecule has 0 heterocycles. The standard InChI is InChI=1S/C26H42O3S/c1-3-4-5-6-7-8-9-10-11-20-26(27)29-25-19-15-13-17-23(25)22-16-12-14-18-24(22)28-21-30-2/h12,14,16,18,23,25H,3-11,13,15,17,19-21H2,1-2H3/t23-,25+/m0/s1. The van der Waals surface area contributed by atoms with Crippen LogP contribution in [0.15, 0.2) is 24.3 Å². The predicted octanol–water partition coefficient (Wildman–Crippen LogP) is 7.88. The molecule has 2 rings (SSSR count). The molecule has 4 heteroatoms. The summed E-state index contributed by atoms with van der Waals surface area (Å²) in [7, 11) is 0. The van der Waals surface area contributed by atoms with Crippen LogP contribution in [0.3, 0.4) is 0 Å². The van der Waals surface area contributed by atoms with Gasteiger partial charge in [0.05, 0.1) is 0 Å². The van der Waals surface area contributed by atoms with E-state index in [2.05, 4.69) is 19.1 Å². The molecule has 1 aliphatic carbocycles. The van der Waals surface area contributed by atoms with Crippen LogP contribution in [0.5, 0.6) is 5.75 Å².